The summed E-state index contributed by atoms with van der Waals surface area (Å²) in [7, 11) is 0. The van der Waals surface area contributed by atoms with E-state index in [0.29, 0.717) is 31.7 Å². The van der Waals surface area contributed by atoms with Crippen LogP contribution in [0.25, 0.3) is 0 Å². The number of aromatic nitrogens is 1. The quantitative estimate of drug-likeness (QED) is 0.612. The molecule has 1 aromatic heterocycles. The van der Waals surface area contributed by atoms with Crippen LogP contribution in [0, 0.1) is 18.6 Å². The smallest absolute Gasteiger partial charge is 0.227 e. The molecule has 1 fully saturated rings. The maximum Gasteiger partial charge on any atom is 0.227 e. The molecule has 31 heavy (non-hydrogen) atoms. The Labute approximate surface area is 180 Å². The SMILES string of the molecule is Cc1cc(Cc2ccccc2F)cc([C@@H]2CN(C(=O)Cc3ccc(F)cc3)CCO2)n1. The summed E-state index contributed by atoms with van der Waals surface area (Å²) in [6.07, 6.45) is 0.334. The zero-order chi connectivity index (χ0) is 21.8. The van der Waals surface area contributed by atoms with Crippen molar-refractivity contribution >= 4 is 5.91 Å². The Kier molecular flexibility index (Phi) is 6.37. The van der Waals surface area contributed by atoms with Crippen LogP contribution in [-0.4, -0.2) is 35.5 Å². The summed E-state index contributed by atoms with van der Waals surface area (Å²) >= 11 is 0. The maximum absolute atomic E-state index is 14.1. The molecule has 160 valence electrons. The summed E-state index contributed by atoms with van der Waals surface area (Å²) in [5.74, 6) is -0.580. The van der Waals surface area contributed by atoms with Gasteiger partial charge in [0.25, 0.3) is 0 Å². The largest absolute Gasteiger partial charge is 0.368 e. The number of ether oxygens (including phenoxy) is 1. The number of aryl methyl sites for hydroxylation is 1. The second kappa shape index (κ2) is 9.35. The van der Waals surface area contributed by atoms with Crippen LogP contribution in [0.3, 0.4) is 0 Å². The summed E-state index contributed by atoms with van der Waals surface area (Å²) in [4.78, 5) is 19.1. The minimum atomic E-state index is -0.342. The first-order valence-corrected chi connectivity index (χ1v) is 10.3. The molecule has 6 heteroatoms. The summed E-state index contributed by atoms with van der Waals surface area (Å²) < 4.78 is 33.1. The minimum absolute atomic E-state index is 0.0286. The van der Waals surface area contributed by atoms with Gasteiger partial charge in [0.05, 0.1) is 25.3 Å². The van der Waals surface area contributed by atoms with E-state index in [1.165, 1.54) is 18.2 Å². The zero-order valence-electron chi connectivity index (χ0n) is 17.4. The van der Waals surface area contributed by atoms with E-state index in [4.69, 9.17) is 4.74 Å². The molecule has 0 bridgehead atoms. The van der Waals surface area contributed by atoms with Gasteiger partial charge in [-0.05, 0) is 53.9 Å². The van der Waals surface area contributed by atoms with Gasteiger partial charge in [-0.3, -0.25) is 9.78 Å². The number of hydrogen-bond acceptors (Lipinski definition) is 3. The number of benzene rings is 2. The lowest BCUT2D eigenvalue weighted by Crippen LogP contribution is -2.43. The molecule has 0 aliphatic carbocycles. The summed E-state index contributed by atoms with van der Waals surface area (Å²) in [5, 5.41) is 0. The molecule has 1 atom stereocenters. The Hall–Kier alpha value is -3.12. The third-order valence-corrected chi connectivity index (χ3v) is 5.40. The van der Waals surface area contributed by atoms with Gasteiger partial charge in [0.1, 0.15) is 17.7 Å². The average Bonchev–Trinajstić information content (AvgIpc) is 2.77. The van der Waals surface area contributed by atoms with Gasteiger partial charge >= 0.3 is 0 Å². The molecule has 1 amide bonds. The van der Waals surface area contributed by atoms with Crippen LogP contribution in [0.1, 0.15) is 34.2 Å². The van der Waals surface area contributed by atoms with Gasteiger partial charge in [-0.25, -0.2) is 8.78 Å². The van der Waals surface area contributed by atoms with E-state index >= 15 is 0 Å². The van der Waals surface area contributed by atoms with Gasteiger partial charge in [0.15, 0.2) is 0 Å². The lowest BCUT2D eigenvalue weighted by atomic mass is 10.0. The van der Waals surface area contributed by atoms with Crippen LogP contribution in [0.5, 0.6) is 0 Å². The number of carbonyl (C=O) groups is 1. The Bertz CT molecular complexity index is 1070. The van der Waals surface area contributed by atoms with Crippen LogP contribution in [-0.2, 0) is 22.4 Å². The van der Waals surface area contributed by atoms with Crippen LogP contribution in [0.4, 0.5) is 8.78 Å². The van der Waals surface area contributed by atoms with Crippen molar-refractivity contribution in [3.8, 4) is 0 Å². The molecule has 1 aliphatic heterocycles. The average molecular weight is 422 g/mol. The molecule has 2 aromatic carbocycles. The molecular weight excluding hydrogens is 398 g/mol. The monoisotopic (exact) mass is 422 g/mol. The van der Waals surface area contributed by atoms with Gasteiger partial charge in [0, 0.05) is 18.7 Å². The minimum Gasteiger partial charge on any atom is -0.368 e. The second-order valence-electron chi connectivity index (χ2n) is 7.81. The molecule has 1 saturated heterocycles. The fourth-order valence-electron chi connectivity index (χ4n) is 3.84. The first-order valence-electron chi connectivity index (χ1n) is 10.3. The lowest BCUT2D eigenvalue weighted by molar-refractivity contribution is -0.138. The topological polar surface area (TPSA) is 42.4 Å². The zero-order valence-corrected chi connectivity index (χ0v) is 17.4. The van der Waals surface area contributed by atoms with Crippen molar-refractivity contribution in [2.45, 2.75) is 25.9 Å². The van der Waals surface area contributed by atoms with Gasteiger partial charge in [-0.2, -0.15) is 0 Å². The molecule has 4 rings (SSSR count). The molecule has 1 aliphatic rings. The molecule has 0 N–H and O–H groups in total. The van der Waals surface area contributed by atoms with Crippen LogP contribution >= 0.6 is 0 Å². The van der Waals surface area contributed by atoms with Crippen molar-refractivity contribution in [1.29, 1.82) is 0 Å². The Morgan fingerprint density at radius 1 is 1.10 bits per heavy atom. The highest BCUT2D eigenvalue weighted by atomic mass is 19.1. The summed E-state index contributed by atoms with van der Waals surface area (Å²) in [6.45, 7) is 3.22. The van der Waals surface area contributed by atoms with Crippen molar-refractivity contribution in [3.63, 3.8) is 0 Å². The summed E-state index contributed by atoms with van der Waals surface area (Å²) in [5.41, 5.74) is 3.91. The molecule has 0 radical (unpaired) electrons. The number of rotatable bonds is 5. The van der Waals surface area contributed by atoms with E-state index in [1.807, 2.05) is 25.1 Å². The number of morpholine rings is 1. The van der Waals surface area contributed by atoms with E-state index in [0.717, 1.165) is 22.5 Å². The summed E-state index contributed by atoms with van der Waals surface area (Å²) in [6, 6.07) is 16.6. The third kappa shape index (κ3) is 5.33. The highest BCUT2D eigenvalue weighted by Gasteiger charge is 2.26. The number of hydrogen-bond donors (Lipinski definition) is 0. The maximum atomic E-state index is 14.1. The molecule has 0 spiro atoms. The fourth-order valence-corrected chi connectivity index (χ4v) is 3.84. The van der Waals surface area contributed by atoms with E-state index in [-0.39, 0.29) is 30.1 Å². The lowest BCUT2D eigenvalue weighted by Gasteiger charge is -2.33. The predicted octanol–water partition coefficient (Wildman–Crippen LogP) is 4.40. The normalized spacial score (nSPS) is 16.4. The van der Waals surface area contributed by atoms with Crippen LogP contribution in [0.15, 0.2) is 60.7 Å². The molecule has 3 aromatic rings. The molecular formula is C25H24F2N2O2. The van der Waals surface area contributed by atoms with E-state index in [1.54, 1.807) is 29.2 Å². The first kappa shape index (κ1) is 21.1. The highest BCUT2D eigenvalue weighted by Crippen LogP contribution is 2.24. The van der Waals surface area contributed by atoms with Crippen molar-refractivity contribution in [3.05, 3.63) is 100 Å². The van der Waals surface area contributed by atoms with Gasteiger partial charge in [-0.15, -0.1) is 0 Å². The number of carbonyl (C=O) groups excluding carboxylic acids is 1. The third-order valence-electron chi connectivity index (χ3n) is 5.40. The molecule has 2 heterocycles. The van der Waals surface area contributed by atoms with E-state index < -0.39 is 0 Å². The van der Waals surface area contributed by atoms with Gasteiger partial charge < -0.3 is 9.64 Å². The van der Waals surface area contributed by atoms with Gasteiger partial charge in [0.2, 0.25) is 5.91 Å². The number of nitrogens with zero attached hydrogens (tertiary/aromatic N) is 2. The Balaban J connectivity index is 1.47. The Morgan fingerprint density at radius 2 is 1.87 bits per heavy atom. The molecule has 0 saturated carbocycles. The highest BCUT2D eigenvalue weighted by molar-refractivity contribution is 5.78. The fraction of sp³-hybridized carbons (Fsp3) is 0.280. The number of amides is 1. The number of halogens is 2. The molecule has 0 unspecified atom stereocenters. The second-order valence-corrected chi connectivity index (χ2v) is 7.81. The van der Waals surface area contributed by atoms with Crippen molar-refractivity contribution in [2.24, 2.45) is 0 Å². The predicted molar refractivity (Wildman–Crippen MR) is 114 cm³/mol. The van der Waals surface area contributed by atoms with Gasteiger partial charge in [-0.1, -0.05) is 30.3 Å². The first-order chi connectivity index (χ1) is 15.0. The van der Waals surface area contributed by atoms with Crippen LogP contribution in [0.2, 0.25) is 0 Å². The van der Waals surface area contributed by atoms with Crippen molar-refractivity contribution < 1.29 is 18.3 Å². The standard InChI is InChI=1S/C25H24F2N2O2/c1-17-12-19(13-20-4-2-3-5-22(20)27)14-23(28-17)24-16-29(10-11-31-24)25(30)15-18-6-8-21(26)9-7-18/h2-9,12,14,24H,10-11,13,15-16H2,1H3/t24-/m0/s1. The Morgan fingerprint density at radius 3 is 2.65 bits per heavy atom. The van der Waals surface area contributed by atoms with Crippen molar-refractivity contribution in [2.75, 3.05) is 19.7 Å². The van der Waals surface area contributed by atoms with Crippen molar-refractivity contribution in [1.82, 2.24) is 9.88 Å². The van der Waals surface area contributed by atoms with E-state index in [9.17, 15) is 13.6 Å². The molecule has 4 nitrogen and oxygen atoms in total. The number of pyridine rings is 1. The van der Waals surface area contributed by atoms with E-state index in [2.05, 4.69) is 4.98 Å². The van der Waals surface area contributed by atoms with Crippen LogP contribution < -0.4 is 0 Å².